The Balaban J connectivity index is 1.76. The van der Waals surface area contributed by atoms with E-state index in [1.165, 1.54) is 43.5 Å². The molecule has 0 saturated carbocycles. The van der Waals surface area contributed by atoms with Crippen molar-refractivity contribution in [1.82, 2.24) is 4.90 Å². The van der Waals surface area contributed by atoms with Crippen LogP contribution in [0.1, 0.15) is 48.3 Å². The number of benzene rings is 1. The third-order valence-electron chi connectivity index (χ3n) is 4.40. The van der Waals surface area contributed by atoms with Gasteiger partial charge in [0, 0.05) is 13.0 Å². The van der Waals surface area contributed by atoms with Gasteiger partial charge in [0.25, 0.3) is 0 Å². The van der Waals surface area contributed by atoms with Gasteiger partial charge in [-0.2, -0.15) is 0 Å². The molecule has 3 nitrogen and oxygen atoms in total. The van der Waals surface area contributed by atoms with E-state index in [4.69, 9.17) is 5.73 Å². The minimum absolute atomic E-state index is 0.283. The lowest BCUT2D eigenvalue weighted by Crippen LogP contribution is -2.29. The molecule has 1 amide bonds. The molecule has 106 valence electrons. The fourth-order valence-corrected chi connectivity index (χ4v) is 3.35. The number of nitrogens with two attached hydrogens (primary N) is 1. The van der Waals surface area contributed by atoms with Crippen molar-refractivity contribution in [2.75, 3.05) is 13.1 Å². The second kappa shape index (κ2) is 5.96. The van der Waals surface area contributed by atoms with Crippen LogP contribution in [0.5, 0.6) is 0 Å². The fourth-order valence-electron chi connectivity index (χ4n) is 3.35. The van der Waals surface area contributed by atoms with Crippen LogP contribution >= 0.6 is 0 Å². The number of carbonyl (C=O) groups is 1. The van der Waals surface area contributed by atoms with Crippen LogP contribution in [-0.2, 0) is 17.8 Å². The number of aryl methyl sites for hydroxylation is 1. The molecule has 3 heteroatoms. The zero-order chi connectivity index (χ0) is 13.9. The van der Waals surface area contributed by atoms with Crippen molar-refractivity contribution in [1.29, 1.82) is 0 Å². The Bertz CT molecular complexity index is 492. The third kappa shape index (κ3) is 2.88. The first-order valence-corrected chi connectivity index (χ1v) is 7.61. The maximum absolute atomic E-state index is 11.5. The summed E-state index contributed by atoms with van der Waals surface area (Å²) in [5, 5.41) is 0. The Labute approximate surface area is 121 Å². The van der Waals surface area contributed by atoms with Gasteiger partial charge in [0.15, 0.2) is 0 Å². The molecule has 1 aromatic rings. The second-order valence-electron chi connectivity index (χ2n) is 5.91. The van der Waals surface area contributed by atoms with Crippen LogP contribution in [-0.4, -0.2) is 23.9 Å². The molecule has 1 fully saturated rings. The number of amides is 1. The Morgan fingerprint density at radius 1 is 1.30 bits per heavy atom. The number of hydrogen-bond acceptors (Lipinski definition) is 2. The van der Waals surface area contributed by atoms with Crippen LogP contribution in [0.4, 0.5) is 0 Å². The van der Waals surface area contributed by atoms with Crippen LogP contribution in [0, 0.1) is 6.42 Å². The van der Waals surface area contributed by atoms with E-state index in [1.807, 2.05) is 0 Å². The summed E-state index contributed by atoms with van der Waals surface area (Å²) in [5.74, 6) is -0.600. The monoisotopic (exact) mass is 270 g/mol. The lowest BCUT2D eigenvalue weighted by molar-refractivity contribution is -0.118. The van der Waals surface area contributed by atoms with Crippen molar-refractivity contribution in [3.8, 4) is 0 Å². The second-order valence-corrected chi connectivity index (χ2v) is 5.91. The molecule has 1 aromatic carbocycles. The molecule has 0 spiro atoms. The fraction of sp³-hybridized carbons (Fsp3) is 0.529. The first-order chi connectivity index (χ1) is 9.74. The molecule has 1 unspecified atom stereocenters. The van der Waals surface area contributed by atoms with Gasteiger partial charge in [-0.25, -0.2) is 0 Å². The minimum Gasteiger partial charge on any atom is -0.369 e. The van der Waals surface area contributed by atoms with Crippen LogP contribution in [0.2, 0.25) is 0 Å². The van der Waals surface area contributed by atoms with Crippen molar-refractivity contribution in [3.63, 3.8) is 0 Å². The number of piperidine rings is 1. The van der Waals surface area contributed by atoms with E-state index in [1.54, 1.807) is 0 Å². The maximum atomic E-state index is 11.5. The zero-order valence-corrected chi connectivity index (χ0v) is 11.9. The van der Waals surface area contributed by atoms with Gasteiger partial charge in [0.05, 0.1) is 5.92 Å². The first-order valence-electron chi connectivity index (χ1n) is 7.61. The number of nitrogens with zero attached hydrogens (tertiary/aromatic N) is 1. The van der Waals surface area contributed by atoms with Gasteiger partial charge in [0.1, 0.15) is 0 Å². The molecule has 1 heterocycles. The van der Waals surface area contributed by atoms with E-state index >= 15 is 0 Å². The highest BCUT2D eigenvalue weighted by Crippen LogP contribution is 2.31. The Kier molecular flexibility index (Phi) is 4.06. The molecule has 2 N–H and O–H groups in total. The molecule has 1 aliphatic carbocycles. The molecule has 2 radical (unpaired) electrons. The van der Waals surface area contributed by atoms with Crippen molar-refractivity contribution in [3.05, 3.63) is 41.3 Å². The van der Waals surface area contributed by atoms with Gasteiger partial charge in [0.2, 0.25) is 5.91 Å². The number of hydrogen-bond donors (Lipinski definition) is 1. The molecular weight excluding hydrogens is 248 g/mol. The zero-order valence-electron chi connectivity index (χ0n) is 11.9. The predicted octanol–water partition coefficient (Wildman–Crippen LogP) is 2.27. The van der Waals surface area contributed by atoms with Crippen LogP contribution in [0.15, 0.2) is 18.2 Å². The number of fused-ring (bicyclic) bond motifs is 1. The molecule has 0 aromatic heterocycles. The quantitative estimate of drug-likeness (QED) is 0.916. The van der Waals surface area contributed by atoms with E-state index in [9.17, 15) is 4.79 Å². The van der Waals surface area contributed by atoms with E-state index in [0.717, 1.165) is 24.9 Å². The van der Waals surface area contributed by atoms with E-state index < -0.39 is 0 Å². The predicted molar refractivity (Wildman–Crippen MR) is 79.1 cm³/mol. The van der Waals surface area contributed by atoms with Crippen molar-refractivity contribution >= 4 is 5.91 Å². The van der Waals surface area contributed by atoms with Gasteiger partial charge in [-0.05, 0) is 55.5 Å². The lowest BCUT2D eigenvalue weighted by atomic mass is 9.81. The van der Waals surface area contributed by atoms with Gasteiger partial charge in [-0.3, -0.25) is 9.69 Å². The SMILES string of the molecule is NC(=O)C1[C]CCc2cc(CN3CCCCC3)ccc21. The molecule has 2 aliphatic rings. The topological polar surface area (TPSA) is 46.3 Å². The smallest absolute Gasteiger partial charge is 0.225 e. The highest BCUT2D eigenvalue weighted by atomic mass is 16.1. The molecule has 1 atom stereocenters. The summed E-state index contributed by atoms with van der Waals surface area (Å²) in [4.78, 5) is 14.0. The highest BCUT2D eigenvalue weighted by molar-refractivity contribution is 5.84. The summed E-state index contributed by atoms with van der Waals surface area (Å²) < 4.78 is 0. The molecule has 1 saturated heterocycles. The van der Waals surface area contributed by atoms with Crippen LogP contribution in [0.25, 0.3) is 0 Å². The summed E-state index contributed by atoms with van der Waals surface area (Å²) in [6, 6.07) is 6.49. The molecule has 0 bridgehead atoms. The average Bonchev–Trinajstić information content (AvgIpc) is 2.47. The normalized spacial score (nSPS) is 23.3. The van der Waals surface area contributed by atoms with Crippen molar-refractivity contribution in [2.45, 2.75) is 44.6 Å². The van der Waals surface area contributed by atoms with Gasteiger partial charge < -0.3 is 5.73 Å². The minimum atomic E-state index is -0.317. The highest BCUT2D eigenvalue weighted by Gasteiger charge is 2.25. The summed E-state index contributed by atoms with van der Waals surface area (Å²) in [7, 11) is 0. The molecule has 1 aliphatic heterocycles. The molecular formula is C17H22N2O. The Morgan fingerprint density at radius 2 is 2.10 bits per heavy atom. The average molecular weight is 270 g/mol. The van der Waals surface area contributed by atoms with Gasteiger partial charge in [-0.15, -0.1) is 0 Å². The summed E-state index contributed by atoms with van der Waals surface area (Å²) >= 11 is 0. The summed E-state index contributed by atoms with van der Waals surface area (Å²) in [6.07, 6.45) is 9.00. The molecule has 20 heavy (non-hydrogen) atoms. The van der Waals surface area contributed by atoms with Crippen molar-refractivity contribution < 1.29 is 4.79 Å². The lowest BCUT2D eigenvalue weighted by Gasteiger charge is -2.28. The van der Waals surface area contributed by atoms with E-state index in [0.29, 0.717) is 0 Å². The third-order valence-corrected chi connectivity index (χ3v) is 4.40. The van der Waals surface area contributed by atoms with Crippen LogP contribution in [0.3, 0.4) is 0 Å². The van der Waals surface area contributed by atoms with Crippen LogP contribution < -0.4 is 5.73 Å². The first kappa shape index (κ1) is 13.6. The number of rotatable bonds is 3. The Hall–Kier alpha value is -1.35. The van der Waals surface area contributed by atoms with E-state index in [2.05, 4.69) is 29.5 Å². The summed E-state index contributed by atoms with van der Waals surface area (Å²) in [6.45, 7) is 3.45. The van der Waals surface area contributed by atoms with Crippen molar-refractivity contribution in [2.24, 2.45) is 5.73 Å². The number of carbonyl (C=O) groups excluding carboxylic acids is 1. The summed E-state index contributed by atoms with van der Waals surface area (Å²) in [5.41, 5.74) is 9.16. The van der Waals surface area contributed by atoms with E-state index in [-0.39, 0.29) is 11.8 Å². The van der Waals surface area contributed by atoms with Gasteiger partial charge >= 0.3 is 0 Å². The Morgan fingerprint density at radius 3 is 2.85 bits per heavy atom. The largest absolute Gasteiger partial charge is 0.369 e. The number of likely N-dealkylation sites (tertiary alicyclic amines) is 1. The number of primary amides is 1. The molecule has 3 rings (SSSR count). The standard InChI is InChI=1S/C17H22N2O/c18-17(20)16-6-4-5-14-11-13(7-8-15(14)16)12-19-9-2-1-3-10-19/h7-8,11,16H,1-5,9-10,12H2,(H2,18,20). The van der Waals surface area contributed by atoms with Gasteiger partial charge in [-0.1, -0.05) is 24.6 Å². The maximum Gasteiger partial charge on any atom is 0.225 e.